The molecule has 1 aromatic carbocycles. The van der Waals surface area contributed by atoms with Gasteiger partial charge in [-0.15, -0.1) is 0 Å². The van der Waals surface area contributed by atoms with Crippen LogP contribution in [0.3, 0.4) is 0 Å². The van der Waals surface area contributed by atoms with Gasteiger partial charge in [0.1, 0.15) is 17.2 Å². The molecule has 0 saturated carbocycles. The Hall–Kier alpha value is -3.20. The molecular formula is C27H36N6O3. The summed E-state index contributed by atoms with van der Waals surface area (Å²) in [6, 6.07) is 6.68. The molecule has 0 bridgehead atoms. The summed E-state index contributed by atoms with van der Waals surface area (Å²) in [6.45, 7) is 12.6. The summed E-state index contributed by atoms with van der Waals surface area (Å²) in [6.07, 6.45) is 4.46. The molecule has 2 fully saturated rings. The zero-order valence-corrected chi connectivity index (χ0v) is 21.9. The molecule has 5 rings (SSSR count). The highest BCUT2D eigenvalue weighted by Gasteiger charge is 2.28. The second kappa shape index (κ2) is 9.69. The van der Waals surface area contributed by atoms with Gasteiger partial charge in [-0.1, -0.05) is 0 Å². The monoisotopic (exact) mass is 492 g/mol. The van der Waals surface area contributed by atoms with E-state index in [1.165, 1.54) is 11.1 Å². The van der Waals surface area contributed by atoms with Crippen molar-refractivity contribution in [3.8, 4) is 5.82 Å². The maximum absolute atomic E-state index is 12.5. The van der Waals surface area contributed by atoms with E-state index in [1.54, 1.807) is 0 Å². The molecule has 1 unspecified atom stereocenters. The van der Waals surface area contributed by atoms with Crippen LogP contribution in [0.15, 0.2) is 24.4 Å². The number of nitrogens with one attached hydrogen (secondary N) is 1. The molecule has 192 valence electrons. The molecule has 2 aliphatic rings. The summed E-state index contributed by atoms with van der Waals surface area (Å²) < 4.78 is 13.0. The molecule has 0 spiro atoms. The average molecular weight is 493 g/mol. The van der Waals surface area contributed by atoms with Crippen LogP contribution >= 0.6 is 0 Å². The lowest BCUT2D eigenvalue weighted by atomic mass is 9.86. The zero-order valence-electron chi connectivity index (χ0n) is 21.9. The van der Waals surface area contributed by atoms with E-state index in [1.807, 2.05) is 49.5 Å². The van der Waals surface area contributed by atoms with Crippen molar-refractivity contribution in [3.05, 3.63) is 41.3 Å². The molecule has 1 amide bonds. The number of aromatic nitrogens is 4. The van der Waals surface area contributed by atoms with Crippen LogP contribution in [0.5, 0.6) is 0 Å². The Balaban J connectivity index is 1.38. The first-order valence-electron chi connectivity index (χ1n) is 12.8. The third-order valence-corrected chi connectivity index (χ3v) is 6.87. The van der Waals surface area contributed by atoms with Gasteiger partial charge in [0.15, 0.2) is 5.82 Å². The number of hydrogen-bond donors (Lipinski definition) is 1. The maximum atomic E-state index is 12.5. The van der Waals surface area contributed by atoms with Crippen LogP contribution in [0.25, 0.3) is 16.7 Å². The normalized spacial score (nSPS) is 19.1. The number of piperidine rings is 1. The molecule has 3 aromatic rings. The van der Waals surface area contributed by atoms with Crippen molar-refractivity contribution in [1.29, 1.82) is 0 Å². The van der Waals surface area contributed by atoms with Gasteiger partial charge in [-0.05, 0) is 83.1 Å². The summed E-state index contributed by atoms with van der Waals surface area (Å²) in [5, 5.41) is 9.23. The lowest BCUT2D eigenvalue weighted by Gasteiger charge is -2.34. The number of aryl methyl sites for hydroxylation is 2. The van der Waals surface area contributed by atoms with Crippen LogP contribution in [0.2, 0.25) is 0 Å². The first-order valence-corrected chi connectivity index (χ1v) is 12.8. The summed E-state index contributed by atoms with van der Waals surface area (Å²) in [7, 11) is 0. The van der Waals surface area contributed by atoms with E-state index >= 15 is 0 Å². The van der Waals surface area contributed by atoms with Gasteiger partial charge in [0.2, 0.25) is 0 Å². The number of amides is 1. The molecule has 2 aromatic heterocycles. The summed E-state index contributed by atoms with van der Waals surface area (Å²) in [5.74, 6) is 2.61. The Bertz CT molecular complexity index is 1250. The molecule has 1 atom stereocenters. The SMILES string of the molecule is Cc1nc(NC2CCOC2)cc(-n2ncc3cc(C)c(C4CCN(C(=O)OC(C)(C)C)CC4)cc32)n1. The smallest absolute Gasteiger partial charge is 0.410 e. The first kappa shape index (κ1) is 24.5. The molecule has 1 N–H and O–H groups in total. The van der Waals surface area contributed by atoms with E-state index in [0.717, 1.165) is 48.4 Å². The minimum absolute atomic E-state index is 0.223. The number of anilines is 1. The third-order valence-electron chi connectivity index (χ3n) is 6.87. The Labute approximate surface area is 212 Å². The van der Waals surface area contributed by atoms with E-state index in [-0.39, 0.29) is 12.1 Å². The quantitative estimate of drug-likeness (QED) is 0.562. The molecule has 9 heteroatoms. The van der Waals surface area contributed by atoms with Gasteiger partial charge in [-0.3, -0.25) is 0 Å². The second-order valence-electron chi connectivity index (χ2n) is 10.9. The van der Waals surface area contributed by atoms with E-state index in [0.29, 0.717) is 31.4 Å². The fourth-order valence-electron chi connectivity index (χ4n) is 5.12. The Kier molecular flexibility index (Phi) is 6.59. The molecular weight excluding hydrogens is 456 g/mol. The highest BCUT2D eigenvalue weighted by molar-refractivity contribution is 5.82. The van der Waals surface area contributed by atoms with E-state index < -0.39 is 5.60 Å². The summed E-state index contributed by atoms with van der Waals surface area (Å²) in [5.41, 5.74) is 3.10. The highest BCUT2D eigenvalue weighted by atomic mass is 16.6. The van der Waals surface area contributed by atoms with Gasteiger partial charge >= 0.3 is 6.09 Å². The van der Waals surface area contributed by atoms with Gasteiger partial charge in [0.05, 0.1) is 24.4 Å². The number of carbonyl (C=O) groups excluding carboxylic acids is 1. The average Bonchev–Trinajstić information content (AvgIpc) is 3.46. The standard InChI is InChI=1S/C27H36N6O3/c1-17-12-20-15-28-33(25-14-24(29-18(2)30-25)31-21-8-11-35-16-21)23(20)13-22(17)19-6-9-32(10-7-19)26(34)36-27(3,4)5/h12-15,19,21H,6-11,16H2,1-5H3,(H,29,30,31). The molecule has 36 heavy (non-hydrogen) atoms. The predicted molar refractivity (Wildman–Crippen MR) is 139 cm³/mol. The number of hydrogen-bond acceptors (Lipinski definition) is 7. The Morgan fingerprint density at radius 1 is 1.11 bits per heavy atom. The maximum Gasteiger partial charge on any atom is 0.410 e. The number of carbonyl (C=O) groups is 1. The van der Waals surface area contributed by atoms with Gasteiger partial charge in [0.25, 0.3) is 0 Å². The van der Waals surface area contributed by atoms with Crippen LogP contribution < -0.4 is 5.32 Å². The topological polar surface area (TPSA) is 94.4 Å². The molecule has 2 aliphatic heterocycles. The summed E-state index contributed by atoms with van der Waals surface area (Å²) >= 11 is 0. The van der Waals surface area contributed by atoms with Gasteiger partial charge in [0, 0.05) is 31.1 Å². The van der Waals surface area contributed by atoms with E-state index in [9.17, 15) is 4.79 Å². The molecule has 2 saturated heterocycles. The minimum atomic E-state index is -0.479. The Morgan fingerprint density at radius 3 is 2.58 bits per heavy atom. The van der Waals surface area contributed by atoms with E-state index in [2.05, 4.69) is 39.4 Å². The lowest BCUT2D eigenvalue weighted by molar-refractivity contribution is 0.0205. The van der Waals surface area contributed by atoms with Crippen molar-refractivity contribution in [2.45, 2.75) is 71.4 Å². The van der Waals surface area contributed by atoms with Crippen molar-refractivity contribution < 1.29 is 14.3 Å². The fourth-order valence-corrected chi connectivity index (χ4v) is 5.12. The fraction of sp³-hybridized carbons (Fsp3) is 0.556. The van der Waals surface area contributed by atoms with E-state index in [4.69, 9.17) is 9.47 Å². The number of nitrogens with zero attached hydrogens (tertiary/aromatic N) is 5. The van der Waals surface area contributed by atoms with Crippen molar-refractivity contribution in [3.63, 3.8) is 0 Å². The number of benzene rings is 1. The van der Waals surface area contributed by atoms with Crippen LogP contribution in [-0.4, -0.2) is 68.7 Å². The summed E-state index contributed by atoms with van der Waals surface area (Å²) in [4.78, 5) is 23.6. The van der Waals surface area contributed by atoms with Crippen molar-refractivity contribution >= 4 is 22.8 Å². The molecule has 0 aliphatic carbocycles. The van der Waals surface area contributed by atoms with Crippen LogP contribution in [0, 0.1) is 13.8 Å². The highest BCUT2D eigenvalue weighted by Crippen LogP contribution is 2.34. The third kappa shape index (κ3) is 5.31. The molecule has 0 radical (unpaired) electrons. The number of ether oxygens (including phenoxy) is 2. The van der Waals surface area contributed by atoms with Crippen LogP contribution in [0.1, 0.15) is 62.9 Å². The largest absolute Gasteiger partial charge is 0.444 e. The predicted octanol–water partition coefficient (Wildman–Crippen LogP) is 4.75. The van der Waals surface area contributed by atoms with Crippen molar-refractivity contribution in [2.24, 2.45) is 0 Å². The Morgan fingerprint density at radius 2 is 1.89 bits per heavy atom. The van der Waals surface area contributed by atoms with Crippen LogP contribution in [0.4, 0.5) is 10.6 Å². The zero-order chi connectivity index (χ0) is 25.4. The molecule has 9 nitrogen and oxygen atoms in total. The van der Waals surface area contributed by atoms with Gasteiger partial charge in [-0.2, -0.15) is 5.10 Å². The van der Waals surface area contributed by atoms with Crippen molar-refractivity contribution in [1.82, 2.24) is 24.6 Å². The first-order chi connectivity index (χ1) is 17.2. The lowest BCUT2D eigenvalue weighted by Crippen LogP contribution is -2.41. The number of likely N-dealkylation sites (tertiary alicyclic amines) is 1. The number of rotatable bonds is 4. The second-order valence-corrected chi connectivity index (χ2v) is 10.9. The van der Waals surface area contributed by atoms with Crippen LogP contribution in [-0.2, 0) is 9.47 Å². The van der Waals surface area contributed by atoms with Crippen molar-refractivity contribution in [2.75, 3.05) is 31.6 Å². The number of fused-ring (bicyclic) bond motifs is 1. The van der Waals surface area contributed by atoms with Gasteiger partial charge < -0.3 is 19.7 Å². The molecule has 4 heterocycles. The van der Waals surface area contributed by atoms with Gasteiger partial charge in [-0.25, -0.2) is 19.4 Å². The minimum Gasteiger partial charge on any atom is -0.444 e.